The van der Waals surface area contributed by atoms with Crippen molar-refractivity contribution in [2.24, 2.45) is 0 Å². The van der Waals surface area contributed by atoms with Gasteiger partial charge in [0.1, 0.15) is 5.82 Å². The van der Waals surface area contributed by atoms with E-state index in [1.165, 1.54) is 0 Å². The number of hydrogen-bond acceptors (Lipinski definition) is 6. The Kier molecular flexibility index (Phi) is 5.97. The average Bonchev–Trinajstić information content (AvgIpc) is 3.54. The minimum atomic E-state index is 0.619. The quantitative estimate of drug-likeness (QED) is 0.382. The maximum absolute atomic E-state index is 4.84. The molecule has 0 aliphatic heterocycles. The van der Waals surface area contributed by atoms with Gasteiger partial charge >= 0.3 is 0 Å². The van der Waals surface area contributed by atoms with E-state index < -0.39 is 0 Å². The first-order chi connectivity index (χ1) is 16.3. The molecular formula is C25H24N8. The molecule has 0 atom stereocenters. The molecule has 0 amide bonds. The summed E-state index contributed by atoms with van der Waals surface area (Å²) in [6, 6.07) is 20.5. The van der Waals surface area contributed by atoms with E-state index in [1.807, 2.05) is 47.3 Å². The highest BCUT2D eigenvalue weighted by Crippen LogP contribution is 2.29. The van der Waals surface area contributed by atoms with Gasteiger partial charge in [-0.25, -0.2) is 14.8 Å². The Morgan fingerprint density at radius 2 is 1.76 bits per heavy atom. The predicted octanol–water partition coefficient (Wildman–Crippen LogP) is 4.58. The van der Waals surface area contributed by atoms with Crippen molar-refractivity contribution < 1.29 is 0 Å². The van der Waals surface area contributed by atoms with E-state index in [1.54, 1.807) is 6.20 Å². The van der Waals surface area contributed by atoms with E-state index in [0.29, 0.717) is 12.4 Å². The van der Waals surface area contributed by atoms with Crippen molar-refractivity contribution in [1.82, 2.24) is 40.4 Å². The van der Waals surface area contributed by atoms with Crippen LogP contribution in [0, 0.1) is 0 Å². The van der Waals surface area contributed by atoms with Crippen LogP contribution in [0.5, 0.6) is 0 Å². The standard InChI is InChI=1S/C25H24N8/c1-2-3-9-23-27-24(20-7-5-4-6-8-20)30-33(23)17-18-10-12-19(13-11-18)22-16-26-15-14-21(22)25-28-31-32-29-25/h4-8,10-16H,2-3,9,17H2,1H3,(H,28,29,31,32). The van der Waals surface area contributed by atoms with Gasteiger partial charge in [0.15, 0.2) is 11.6 Å². The van der Waals surface area contributed by atoms with E-state index >= 15 is 0 Å². The van der Waals surface area contributed by atoms with Gasteiger partial charge in [0.2, 0.25) is 0 Å². The van der Waals surface area contributed by atoms with Crippen molar-refractivity contribution in [3.8, 4) is 33.9 Å². The Bertz CT molecular complexity index is 1310. The Morgan fingerprint density at radius 1 is 0.909 bits per heavy atom. The molecule has 0 saturated carbocycles. The second-order valence-electron chi connectivity index (χ2n) is 7.85. The van der Waals surface area contributed by atoms with Crippen molar-refractivity contribution in [1.29, 1.82) is 0 Å². The first-order valence-corrected chi connectivity index (χ1v) is 11.1. The summed E-state index contributed by atoms with van der Waals surface area (Å²) in [5.74, 6) is 2.42. The molecule has 0 fully saturated rings. The van der Waals surface area contributed by atoms with Gasteiger partial charge in [0, 0.05) is 35.5 Å². The van der Waals surface area contributed by atoms with Gasteiger partial charge in [-0.3, -0.25) is 4.98 Å². The molecule has 0 spiro atoms. The lowest BCUT2D eigenvalue weighted by molar-refractivity contribution is 0.618. The normalized spacial score (nSPS) is 11.1. The lowest BCUT2D eigenvalue weighted by Crippen LogP contribution is -2.07. The summed E-state index contributed by atoms with van der Waals surface area (Å²) >= 11 is 0. The molecule has 33 heavy (non-hydrogen) atoms. The van der Waals surface area contributed by atoms with E-state index in [-0.39, 0.29) is 0 Å². The molecule has 3 heterocycles. The Balaban J connectivity index is 1.42. The molecule has 0 bridgehead atoms. The molecule has 5 rings (SSSR count). The van der Waals surface area contributed by atoms with Crippen LogP contribution in [0.25, 0.3) is 33.9 Å². The fourth-order valence-electron chi connectivity index (χ4n) is 3.80. The van der Waals surface area contributed by atoms with E-state index in [4.69, 9.17) is 10.1 Å². The molecule has 0 saturated heterocycles. The zero-order valence-corrected chi connectivity index (χ0v) is 18.4. The fraction of sp³-hybridized carbons (Fsp3) is 0.200. The van der Waals surface area contributed by atoms with Crippen LogP contribution < -0.4 is 0 Å². The van der Waals surface area contributed by atoms with Crippen molar-refractivity contribution >= 4 is 0 Å². The lowest BCUT2D eigenvalue weighted by atomic mass is 10.0. The van der Waals surface area contributed by atoms with Crippen LogP contribution in [-0.2, 0) is 13.0 Å². The molecule has 8 heteroatoms. The van der Waals surface area contributed by atoms with Gasteiger partial charge in [-0.15, -0.1) is 5.10 Å². The number of aryl methyl sites for hydroxylation is 1. The van der Waals surface area contributed by atoms with Crippen LogP contribution >= 0.6 is 0 Å². The van der Waals surface area contributed by atoms with Gasteiger partial charge in [-0.1, -0.05) is 67.9 Å². The molecule has 0 unspecified atom stereocenters. The number of rotatable bonds is 8. The van der Waals surface area contributed by atoms with Gasteiger partial charge < -0.3 is 0 Å². The zero-order chi connectivity index (χ0) is 22.5. The Hall–Kier alpha value is -4.20. The summed E-state index contributed by atoms with van der Waals surface area (Å²) in [4.78, 5) is 9.13. The van der Waals surface area contributed by atoms with Gasteiger partial charge in [-0.05, 0) is 34.0 Å². The molecule has 0 aliphatic carbocycles. The van der Waals surface area contributed by atoms with Crippen LogP contribution in [0.2, 0.25) is 0 Å². The molecule has 5 aromatic rings. The van der Waals surface area contributed by atoms with Gasteiger partial charge in [0.05, 0.1) is 6.54 Å². The van der Waals surface area contributed by atoms with E-state index in [0.717, 1.165) is 58.7 Å². The highest BCUT2D eigenvalue weighted by molar-refractivity contribution is 5.79. The third-order valence-corrected chi connectivity index (χ3v) is 5.55. The van der Waals surface area contributed by atoms with Gasteiger partial charge in [0.25, 0.3) is 0 Å². The molecule has 2 aromatic carbocycles. The number of hydrogen-bond donors (Lipinski definition) is 1. The molecular weight excluding hydrogens is 412 g/mol. The fourth-order valence-corrected chi connectivity index (χ4v) is 3.80. The van der Waals surface area contributed by atoms with E-state index in [2.05, 4.69) is 56.8 Å². The SMILES string of the molecule is CCCCc1nc(-c2ccccc2)nn1Cc1ccc(-c2cnccc2-c2nnn[nH]2)cc1. The Morgan fingerprint density at radius 3 is 2.52 bits per heavy atom. The van der Waals surface area contributed by atoms with Gasteiger partial charge in [-0.2, -0.15) is 5.10 Å². The number of aromatic nitrogens is 8. The summed E-state index contributed by atoms with van der Waals surface area (Å²) in [6.07, 6.45) is 6.70. The number of benzene rings is 2. The number of H-pyrrole nitrogens is 1. The minimum absolute atomic E-state index is 0.619. The number of pyridine rings is 1. The predicted molar refractivity (Wildman–Crippen MR) is 126 cm³/mol. The maximum atomic E-state index is 4.84. The summed E-state index contributed by atoms with van der Waals surface area (Å²) in [6.45, 7) is 2.87. The molecule has 0 aliphatic rings. The first kappa shape index (κ1) is 20.7. The third-order valence-electron chi connectivity index (χ3n) is 5.55. The monoisotopic (exact) mass is 436 g/mol. The van der Waals surface area contributed by atoms with Crippen molar-refractivity contribution in [2.75, 3.05) is 0 Å². The maximum Gasteiger partial charge on any atom is 0.181 e. The average molecular weight is 437 g/mol. The first-order valence-electron chi connectivity index (χ1n) is 11.1. The lowest BCUT2D eigenvalue weighted by Gasteiger charge is -2.09. The van der Waals surface area contributed by atoms with Crippen molar-refractivity contribution in [3.63, 3.8) is 0 Å². The topological polar surface area (TPSA) is 98.1 Å². The number of tetrazole rings is 1. The third kappa shape index (κ3) is 4.55. The summed E-state index contributed by atoms with van der Waals surface area (Å²) < 4.78 is 2.03. The highest BCUT2D eigenvalue weighted by Gasteiger charge is 2.13. The number of aromatic amines is 1. The van der Waals surface area contributed by atoms with Crippen LogP contribution in [-0.4, -0.2) is 40.4 Å². The highest BCUT2D eigenvalue weighted by atomic mass is 15.5. The van der Waals surface area contributed by atoms with Crippen LogP contribution in [0.4, 0.5) is 0 Å². The number of nitrogens with one attached hydrogen (secondary N) is 1. The molecule has 3 aromatic heterocycles. The molecule has 164 valence electrons. The second kappa shape index (κ2) is 9.52. The van der Waals surface area contributed by atoms with Crippen molar-refractivity contribution in [3.05, 3.63) is 84.4 Å². The minimum Gasteiger partial charge on any atom is -0.264 e. The number of unbranched alkanes of at least 4 members (excludes halogenated alkanes) is 1. The molecule has 8 nitrogen and oxygen atoms in total. The largest absolute Gasteiger partial charge is 0.264 e. The summed E-state index contributed by atoms with van der Waals surface area (Å²) in [5, 5.41) is 19.1. The van der Waals surface area contributed by atoms with Crippen LogP contribution in [0.1, 0.15) is 31.2 Å². The smallest absolute Gasteiger partial charge is 0.181 e. The number of nitrogens with zero attached hydrogens (tertiary/aromatic N) is 7. The Labute approximate surface area is 191 Å². The van der Waals surface area contributed by atoms with E-state index in [9.17, 15) is 0 Å². The molecule has 1 N–H and O–H groups in total. The molecule has 0 radical (unpaired) electrons. The second-order valence-corrected chi connectivity index (χ2v) is 7.85. The summed E-state index contributed by atoms with van der Waals surface area (Å²) in [7, 11) is 0. The van der Waals surface area contributed by atoms with Crippen molar-refractivity contribution in [2.45, 2.75) is 32.7 Å². The summed E-state index contributed by atoms with van der Waals surface area (Å²) in [5.41, 5.74) is 5.13. The van der Waals surface area contributed by atoms with Crippen LogP contribution in [0.15, 0.2) is 73.1 Å². The zero-order valence-electron chi connectivity index (χ0n) is 18.4. The van der Waals surface area contributed by atoms with Crippen LogP contribution in [0.3, 0.4) is 0 Å².